The second kappa shape index (κ2) is 14.2. The van der Waals surface area contributed by atoms with E-state index in [4.69, 9.17) is 10.7 Å². The van der Waals surface area contributed by atoms with Crippen molar-refractivity contribution in [1.82, 2.24) is 0 Å². The monoisotopic (exact) mass is 611 g/mol. The summed E-state index contributed by atoms with van der Waals surface area (Å²) in [6.07, 6.45) is 26.0. The highest BCUT2D eigenvalue weighted by molar-refractivity contribution is 6.00. The summed E-state index contributed by atoms with van der Waals surface area (Å²) >= 11 is 0. The number of hydrogen-bond donors (Lipinski definition) is 0. The van der Waals surface area contributed by atoms with Crippen LogP contribution in [-0.4, -0.2) is 5.84 Å². The van der Waals surface area contributed by atoms with Gasteiger partial charge in [-0.05, 0) is 100 Å². The van der Waals surface area contributed by atoms with Gasteiger partial charge < -0.3 is 10.7 Å². The maximum absolute atomic E-state index is 9.03. The minimum atomic E-state index is 0.00806. The van der Waals surface area contributed by atoms with Gasteiger partial charge >= 0.3 is 0 Å². The Morgan fingerprint density at radius 1 is 0.702 bits per heavy atom. The molecule has 47 heavy (non-hydrogen) atoms. The van der Waals surface area contributed by atoms with Crippen molar-refractivity contribution in [2.75, 3.05) is 0 Å². The quantitative estimate of drug-likeness (QED) is 0.196. The predicted molar refractivity (Wildman–Crippen MR) is 201 cm³/mol. The zero-order chi connectivity index (χ0) is 32.0. The molecule has 2 heteroatoms. The maximum Gasteiger partial charge on any atom is 0.00253 e. The average molecular weight is 612 g/mol. The molecule has 0 heterocycles. The van der Waals surface area contributed by atoms with Crippen LogP contribution < -0.4 is 0 Å². The van der Waals surface area contributed by atoms with Crippen LogP contribution in [0.25, 0.3) is 27.7 Å². The lowest BCUT2D eigenvalue weighted by Gasteiger charge is -2.29. The summed E-state index contributed by atoms with van der Waals surface area (Å²) in [7, 11) is 0. The fraction of sp³-hybridized carbons (Fsp3) is 0.222. The molecule has 2 nitrogen and oxygen atoms in total. The molecule has 0 aromatic heterocycles. The highest BCUT2D eigenvalue weighted by Gasteiger charge is 2.22. The van der Waals surface area contributed by atoms with Gasteiger partial charge in [0.1, 0.15) is 0 Å². The first-order valence-corrected chi connectivity index (χ1v) is 17.2. The van der Waals surface area contributed by atoms with Gasteiger partial charge in [-0.15, -0.1) is 0 Å². The Labute approximate surface area is 280 Å². The van der Waals surface area contributed by atoms with E-state index in [1.807, 2.05) is 6.08 Å². The van der Waals surface area contributed by atoms with Crippen LogP contribution in [0.15, 0.2) is 168 Å². The van der Waals surface area contributed by atoms with Crippen molar-refractivity contribution in [2.45, 2.75) is 51.4 Å². The first kappa shape index (κ1) is 30.7. The van der Waals surface area contributed by atoms with Gasteiger partial charge in [0.2, 0.25) is 0 Å². The van der Waals surface area contributed by atoms with E-state index in [2.05, 4.69) is 147 Å². The summed E-state index contributed by atoms with van der Waals surface area (Å²) in [4.78, 5) is 5.10. The third kappa shape index (κ3) is 6.79. The fourth-order valence-corrected chi connectivity index (χ4v) is 7.51. The average Bonchev–Trinajstić information content (AvgIpc) is 3.13. The Morgan fingerprint density at radius 3 is 2.09 bits per heavy atom. The van der Waals surface area contributed by atoms with Crippen molar-refractivity contribution < 1.29 is 0 Å². The Kier molecular flexibility index (Phi) is 9.28. The van der Waals surface area contributed by atoms with E-state index < -0.39 is 0 Å². The molecule has 0 saturated heterocycles. The standard InChI is InChI=1S/C45H43N2/c1-32(33-16-6-4-7-17-33)39-29-28-38(31-44(39)47-45(46)35-19-8-5-9-20-35)41-23-11-3-2-10-22-40(42-24-14-15-25-43(41)42)37-27-26-34-18-12-13-21-36(34)30-37/h2-17,19,21-25,30-32,34-35H,18,20,26-29H2,1H3,(H-,46,47)/q-1/t32-,34?,35?/m1/s1. The van der Waals surface area contributed by atoms with Gasteiger partial charge in [0.25, 0.3) is 0 Å². The second-order valence-electron chi connectivity index (χ2n) is 13.1. The third-order valence-corrected chi connectivity index (χ3v) is 10.2. The van der Waals surface area contributed by atoms with Crippen LogP contribution in [-0.2, 0) is 0 Å². The molecule has 4 aliphatic rings. The molecule has 3 atom stereocenters. The van der Waals surface area contributed by atoms with E-state index in [0.29, 0.717) is 11.8 Å². The van der Waals surface area contributed by atoms with Gasteiger partial charge in [-0.25, -0.2) is 0 Å². The Bertz CT molecular complexity index is 1960. The molecule has 7 rings (SSSR count). The van der Waals surface area contributed by atoms with Crippen LogP contribution in [0.4, 0.5) is 0 Å². The second-order valence-corrected chi connectivity index (χ2v) is 13.1. The summed E-state index contributed by atoms with van der Waals surface area (Å²) in [5.41, 5.74) is 19.3. The molecule has 0 aliphatic heterocycles. The number of amidine groups is 1. The maximum atomic E-state index is 9.03. The number of hydrogen-bond acceptors (Lipinski definition) is 1. The summed E-state index contributed by atoms with van der Waals surface area (Å²) < 4.78 is 0. The van der Waals surface area contributed by atoms with Crippen LogP contribution in [0.3, 0.4) is 0 Å². The van der Waals surface area contributed by atoms with Gasteiger partial charge in [0, 0.05) is 5.92 Å². The van der Waals surface area contributed by atoms with Crippen molar-refractivity contribution in [3.8, 4) is 0 Å². The van der Waals surface area contributed by atoms with Crippen LogP contribution in [0.1, 0.15) is 68.1 Å². The minimum Gasteiger partial charge on any atom is -0.485 e. The molecule has 234 valence electrons. The van der Waals surface area contributed by atoms with Crippen LogP contribution in [0.2, 0.25) is 0 Å². The van der Waals surface area contributed by atoms with Crippen molar-refractivity contribution in [1.29, 1.82) is 0 Å². The summed E-state index contributed by atoms with van der Waals surface area (Å²) in [6, 6.07) is 32.9. The molecule has 3 aromatic rings. The molecule has 0 radical (unpaired) electrons. The molecule has 0 amide bonds. The normalized spacial score (nSPS) is 21.4. The number of nitrogens with one attached hydrogen (secondary N) is 1. The predicted octanol–water partition coefficient (Wildman–Crippen LogP) is 12.5. The van der Waals surface area contributed by atoms with E-state index in [9.17, 15) is 0 Å². The van der Waals surface area contributed by atoms with E-state index in [-0.39, 0.29) is 11.8 Å². The summed E-state index contributed by atoms with van der Waals surface area (Å²) in [5, 5.41) is 2.52. The molecule has 0 spiro atoms. The topological polar surface area (TPSA) is 36.2 Å². The number of nitrogens with zero attached hydrogens (tertiary/aromatic N) is 1. The number of fused-ring (bicyclic) bond motifs is 2. The van der Waals surface area contributed by atoms with E-state index in [1.165, 1.54) is 56.2 Å². The van der Waals surface area contributed by atoms with Crippen LogP contribution in [0, 0.1) is 11.8 Å². The van der Waals surface area contributed by atoms with E-state index in [1.54, 1.807) is 0 Å². The van der Waals surface area contributed by atoms with Gasteiger partial charge in [0.15, 0.2) is 0 Å². The Hall–Kier alpha value is -4.95. The largest absolute Gasteiger partial charge is 0.485 e. The van der Waals surface area contributed by atoms with Crippen molar-refractivity contribution in [3.63, 3.8) is 0 Å². The SMILES string of the molecule is C[C@@H](C1=C(N=C([NH-])C2C=CC=CC2)C=C(c2ccccccc(C3=CC4=CC=CCC4CC3)c3ccccc23)CC1)c1ccccc1. The highest BCUT2D eigenvalue weighted by Crippen LogP contribution is 2.42. The Morgan fingerprint density at radius 2 is 1.36 bits per heavy atom. The van der Waals surface area contributed by atoms with Gasteiger partial charge in [0.05, 0.1) is 0 Å². The number of allylic oxidation sites excluding steroid dienone is 12. The van der Waals surface area contributed by atoms with Crippen molar-refractivity contribution in [3.05, 3.63) is 185 Å². The molecular formula is C45H43N2-. The number of benzene rings is 2. The van der Waals surface area contributed by atoms with E-state index >= 15 is 0 Å². The van der Waals surface area contributed by atoms with Crippen LogP contribution in [0.5, 0.6) is 0 Å². The molecule has 3 aromatic carbocycles. The molecular weight excluding hydrogens is 569 g/mol. The zero-order valence-corrected chi connectivity index (χ0v) is 27.3. The molecule has 2 unspecified atom stereocenters. The van der Waals surface area contributed by atoms with Crippen molar-refractivity contribution in [2.24, 2.45) is 16.8 Å². The smallest absolute Gasteiger partial charge is 0.00253 e. The third-order valence-electron chi connectivity index (χ3n) is 10.2. The lowest BCUT2D eigenvalue weighted by atomic mass is 9.78. The summed E-state index contributed by atoms with van der Waals surface area (Å²) in [6.45, 7) is 2.29. The molecule has 0 fully saturated rings. The fourth-order valence-electron chi connectivity index (χ4n) is 7.51. The molecule has 0 bridgehead atoms. The number of aliphatic imine (C=N–C) groups is 1. The highest BCUT2D eigenvalue weighted by atomic mass is 14.9. The number of rotatable bonds is 6. The Balaban J connectivity index is 1.40. The first-order chi connectivity index (χ1) is 23.2. The first-order valence-electron chi connectivity index (χ1n) is 17.2. The van der Waals surface area contributed by atoms with Gasteiger partial charge in [-0.1, -0.05) is 164 Å². The lowest BCUT2D eigenvalue weighted by Crippen LogP contribution is -2.11. The van der Waals surface area contributed by atoms with Gasteiger partial charge in [-0.2, -0.15) is 0 Å². The lowest BCUT2D eigenvalue weighted by molar-refractivity contribution is 0.572. The zero-order valence-electron chi connectivity index (χ0n) is 27.3. The molecule has 1 N–H and O–H groups in total. The van der Waals surface area contributed by atoms with Crippen LogP contribution >= 0.6 is 0 Å². The molecule has 4 aliphatic carbocycles. The van der Waals surface area contributed by atoms with E-state index in [0.717, 1.165) is 37.8 Å². The summed E-state index contributed by atoms with van der Waals surface area (Å²) in [5.74, 6) is 1.30. The van der Waals surface area contributed by atoms with Crippen molar-refractivity contribution >= 4 is 27.8 Å². The molecule has 0 saturated carbocycles. The minimum absolute atomic E-state index is 0.00806. The van der Waals surface area contributed by atoms with Gasteiger partial charge in [-0.3, -0.25) is 0 Å².